The van der Waals surface area contributed by atoms with Crippen molar-refractivity contribution in [1.29, 1.82) is 0 Å². The van der Waals surface area contributed by atoms with Crippen LogP contribution < -0.4 is 4.90 Å². The van der Waals surface area contributed by atoms with Gasteiger partial charge in [0.1, 0.15) is 13.1 Å². The molecule has 2 aromatic carbocycles. The van der Waals surface area contributed by atoms with Crippen molar-refractivity contribution in [2.75, 3.05) is 13.1 Å². The van der Waals surface area contributed by atoms with E-state index in [2.05, 4.69) is 61.2 Å². The van der Waals surface area contributed by atoms with Crippen molar-refractivity contribution in [2.24, 2.45) is 0 Å². The molecule has 0 N–H and O–H groups in total. The fourth-order valence-electron chi connectivity index (χ4n) is 2.85. The first-order valence-corrected chi connectivity index (χ1v) is 8.59. The quantitative estimate of drug-likeness (QED) is 0.394. The Morgan fingerprint density at radius 3 is 1.95 bits per heavy atom. The van der Waals surface area contributed by atoms with Crippen molar-refractivity contribution >= 4 is 16.5 Å². The first-order chi connectivity index (χ1) is 10.3. The van der Waals surface area contributed by atoms with Gasteiger partial charge in [-0.25, -0.2) is 0 Å². The molecule has 2 rings (SSSR count). The molecule has 0 aromatic heterocycles. The number of unbranched alkanes of at least 4 members (excludes halogenated alkanes) is 4. The van der Waals surface area contributed by atoms with Crippen molar-refractivity contribution < 1.29 is 0 Å². The second-order valence-corrected chi connectivity index (χ2v) is 5.93. The minimum Gasteiger partial charge on any atom is -0.134 e. The molecule has 0 saturated heterocycles. The van der Waals surface area contributed by atoms with Gasteiger partial charge in [0, 0.05) is 25.0 Å². The van der Waals surface area contributed by atoms with Gasteiger partial charge in [0.05, 0.1) is 0 Å². The van der Waals surface area contributed by atoms with E-state index >= 15 is 0 Å². The zero-order valence-corrected chi connectivity index (χ0v) is 13.6. The highest BCUT2D eigenvalue weighted by Gasteiger charge is 2.17. The molecule has 0 spiro atoms. The average Bonchev–Trinajstić information content (AvgIpc) is 2.53. The molecule has 21 heavy (non-hydrogen) atoms. The van der Waals surface area contributed by atoms with Gasteiger partial charge in [-0.2, -0.15) is 0 Å². The zero-order valence-electron chi connectivity index (χ0n) is 13.6. The van der Waals surface area contributed by atoms with Gasteiger partial charge in [-0.1, -0.05) is 51.0 Å². The van der Waals surface area contributed by atoms with E-state index < -0.39 is 0 Å². The summed E-state index contributed by atoms with van der Waals surface area (Å²) < 4.78 is 0. The van der Waals surface area contributed by atoms with Crippen molar-refractivity contribution in [3.05, 3.63) is 42.5 Å². The van der Waals surface area contributed by atoms with Crippen LogP contribution >= 0.6 is 0 Å². The van der Waals surface area contributed by atoms with Gasteiger partial charge in [-0.3, -0.25) is 0 Å². The fourth-order valence-corrected chi connectivity index (χ4v) is 2.85. The summed E-state index contributed by atoms with van der Waals surface area (Å²) in [6.07, 6.45) is 7.85. The zero-order chi connectivity index (χ0) is 14.9. The normalized spacial score (nSPS) is 11.4. The number of hydrogen-bond donors (Lipinski definition) is 0. The standard InChI is InChI=1S/C20H29N/c1-3-5-9-15-21(16-10-6-4-2)20-14-13-18-11-7-8-12-19(18)17-20/h7-8,11-14,17H,3-6,9-10,15-16H2,1-2H3/q+1. The Morgan fingerprint density at radius 2 is 1.33 bits per heavy atom. The third-order valence-corrected chi connectivity index (χ3v) is 4.16. The fraction of sp³-hybridized carbons (Fsp3) is 0.500. The molecule has 2 aromatic rings. The topological polar surface area (TPSA) is 5.90 Å². The highest BCUT2D eigenvalue weighted by atomic mass is 15.1. The lowest BCUT2D eigenvalue weighted by atomic mass is 10.1. The third-order valence-electron chi connectivity index (χ3n) is 4.16. The molecule has 1 radical (unpaired) electrons. The van der Waals surface area contributed by atoms with Gasteiger partial charge in [0.2, 0.25) is 0 Å². The Kier molecular flexibility index (Phi) is 6.75. The summed E-state index contributed by atoms with van der Waals surface area (Å²) >= 11 is 0. The molecule has 0 bridgehead atoms. The van der Waals surface area contributed by atoms with E-state index in [-0.39, 0.29) is 0 Å². The Hall–Kier alpha value is -1.34. The van der Waals surface area contributed by atoms with Crippen LogP contribution in [0.1, 0.15) is 52.4 Å². The highest BCUT2D eigenvalue weighted by molar-refractivity contribution is 5.85. The van der Waals surface area contributed by atoms with Crippen LogP contribution in [0.3, 0.4) is 0 Å². The highest BCUT2D eigenvalue weighted by Crippen LogP contribution is 2.22. The van der Waals surface area contributed by atoms with Crippen molar-refractivity contribution in [3.63, 3.8) is 0 Å². The van der Waals surface area contributed by atoms with Gasteiger partial charge in [0.15, 0.2) is 5.69 Å². The van der Waals surface area contributed by atoms with Crippen LogP contribution in [0.25, 0.3) is 10.8 Å². The van der Waals surface area contributed by atoms with Crippen LogP contribution in [0.2, 0.25) is 0 Å². The van der Waals surface area contributed by atoms with E-state index in [1.165, 1.54) is 68.1 Å². The summed E-state index contributed by atoms with van der Waals surface area (Å²) in [5.74, 6) is 0. The van der Waals surface area contributed by atoms with Crippen molar-refractivity contribution in [3.8, 4) is 0 Å². The predicted molar refractivity (Wildman–Crippen MR) is 94.5 cm³/mol. The van der Waals surface area contributed by atoms with E-state index in [4.69, 9.17) is 0 Å². The summed E-state index contributed by atoms with van der Waals surface area (Å²) in [5, 5.41) is 2.69. The van der Waals surface area contributed by atoms with Crippen molar-refractivity contribution in [1.82, 2.24) is 4.90 Å². The minimum absolute atomic E-state index is 1.19. The van der Waals surface area contributed by atoms with Crippen LogP contribution in [-0.2, 0) is 0 Å². The molecule has 0 heterocycles. The first kappa shape index (κ1) is 16.0. The molecule has 113 valence electrons. The van der Waals surface area contributed by atoms with Crippen LogP contribution in [-0.4, -0.2) is 13.1 Å². The maximum Gasteiger partial charge on any atom is 0.181 e. The van der Waals surface area contributed by atoms with E-state index in [9.17, 15) is 0 Å². The number of hydrogen-bond acceptors (Lipinski definition) is 1. The lowest BCUT2D eigenvalue weighted by molar-refractivity contribution is 0.480. The van der Waals surface area contributed by atoms with Crippen LogP contribution in [0.4, 0.5) is 5.69 Å². The molecule has 1 heteroatoms. The molecule has 0 aliphatic carbocycles. The molecule has 0 aliphatic heterocycles. The number of benzene rings is 2. The van der Waals surface area contributed by atoms with E-state index in [0.29, 0.717) is 0 Å². The number of rotatable bonds is 9. The molecule has 0 unspecified atom stereocenters. The molecule has 0 aliphatic rings. The minimum atomic E-state index is 1.19. The predicted octanol–water partition coefficient (Wildman–Crippen LogP) is 5.99. The smallest absolute Gasteiger partial charge is 0.134 e. The third kappa shape index (κ3) is 4.86. The molecule has 0 fully saturated rings. The average molecular weight is 283 g/mol. The second kappa shape index (κ2) is 8.84. The monoisotopic (exact) mass is 283 g/mol. The van der Waals surface area contributed by atoms with Crippen molar-refractivity contribution in [2.45, 2.75) is 52.4 Å². The Balaban J connectivity index is 2.11. The molecule has 1 nitrogen and oxygen atoms in total. The molecular formula is C20H29N+. The van der Waals surface area contributed by atoms with Crippen LogP contribution in [0, 0.1) is 0 Å². The SMILES string of the molecule is CCCCC[N+](CCCCC)c1ccc2ccccc2c1. The Morgan fingerprint density at radius 1 is 0.714 bits per heavy atom. The first-order valence-electron chi connectivity index (χ1n) is 8.59. The van der Waals surface area contributed by atoms with Crippen LogP contribution in [0.15, 0.2) is 42.5 Å². The lowest BCUT2D eigenvalue weighted by Crippen LogP contribution is -2.27. The van der Waals surface area contributed by atoms with Gasteiger partial charge < -0.3 is 0 Å². The maximum atomic E-state index is 2.58. The summed E-state index contributed by atoms with van der Waals surface area (Å²) in [7, 11) is 0. The Labute approximate surface area is 130 Å². The summed E-state index contributed by atoms with van der Waals surface area (Å²) in [5.41, 5.74) is 1.39. The lowest BCUT2D eigenvalue weighted by Gasteiger charge is -2.12. The van der Waals surface area contributed by atoms with Gasteiger partial charge in [-0.05, 0) is 29.7 Å². The second-order valence-electron chi connectivity index (χ2n) is 5.93. The number of fused-ring (bicyclic) bond motifs is 1. The van der Waals surface area contributed by atoms with Gasteiger partial charge in [-0.15, -0.1) is 4.90 Å². The Bertz CT molecular complexity index is 522. The van der Waals surface area contributed by atoms with E-state index in [0.717, 1.165) is 0 Å². The summed E-state index contributed by atoms with van der Waals surface area (Å²) in [6.45, 7) is 6.93. The molecular weight excluding hydrogens is 254 g/mol. The number of nitrogens with zero attached hydrogens (tertiary/aromatic N) is 1. The molecule has 0 amide bonds. The van der Waals surface area contributed by atoms with E-state index in [1.807, 2.05) is 0 Å². The van der Waals surface area contributed by atoms with Crippen LogP contribution in [0.5, 0.6) is 0 Å². The molecule has 0 atom stereocenters. The summed E-state index contributed by atoms with van der Waals surface area (Å²) in [6, 6.07) is 15.6. The maximum absolute atomic E-state index is 2.58. The molecule has 0 saturated carbocycles. The van der Waals surface area contributed by atoms with Gasteiger partial charge in [0.25, 0.3) is 0 Å². The van der Waals surface area contributed by atoms with E-state index in [1.54, 1.807) is 0 Å². The summed E-state index contributed by atoms with van der Waals surface area (Å²) in [4.78, 5) is 2.58. The largest absolute Gasteiger partial charge is 0.181 e. The van der Waals surface area contributed by atoms with Gasteiger partial charge >= 0.3 is 0 Å². The number of anilines is 1.